The van der Waals surface area contributed by atoms with Crippen molar-refractivity contribution in [2.24, 2.45) is 5.92 Å². The molecule has 1 heterocycles. The number of hydrogen-bond donors (Lipinski definition) is 1. The molecule has 0 fully saturated rings. The van der Waals surface area contributed by atoms with Crippen LogP contribution in [0.3, 0.4) is 0 Å². The van der Waals surface area contributed by atoms with Crippen molar-refractivity contribution in [3.8, 4) is 0 Å². The molecule has 0 aliphatic heterocycles. The van der Waals surface area contributed by atoms with Gasteiger partial charge >= 0.3 is 5.97 Å². The Kier molecular flexibility index (Phi) is 3.63. The van der Waals surface area contributed by atoms with Crippen molar-refractivity contribution in [2.75, 3.05) is 0 Å². The second-order valence-corrected chi connectivity index (χ2v) is 3.44. The predicted molar refractivity (Wildman–Crippen MR) is 54.1 cm³/mol. The highest BCUT2D eigenvalue weighted by molar-refractivity contribution is 5.69. The first-order valence-corrected chi connectivity index (χ1v) is 4.79. The molecule has 1 aromatic heterocycles. The minimum Gasteiger partial charge on any atom is -0.481 e. The van der Waals surface area contributed by atoms with Crippen LogP contribution in [0.2, 0.25) is 0 Å². The first-order valence-electron chi connectivity index (χ1n) is 4.79. The summed E-state index contributed by atoms with van der Waals surface area (Å²) in [6.07, 6.45) is 4.99. The van der Waals surface area contributed by atoms with Crippen LogP contribution in [-0.4, -0.2) is 16.1 Å². The van der Waals surface area contributed by atoms with Gasteiger partial charge in [0.1, 0.15) is 0 Å². The summed E-state index contributed by atoms with van der Waals surface area (Å²) in [5.41, 5.74) is 2.23. The Morgan fingerprint density at radius 3 is 2.86 bits per heavy atom. The van der Waals surface area contributed by atoms with Crippen molar-refractivity contribution in [1.82, 2.24) is 4.98 Å². The lowest BCUT2D eigenvalue weighted by Gasteiger charge is -2.09. The first kappa shape index (κ1) is 10.7. The maximum Gasteiger partial charge on any atom is 0.306 e. The van der Waals surface area contributed by atoms with Crippen molar-refractivity contribution in [3.63, 3.8) is 0 Å². The van der Waals surface area contributed by atoms with Gasteiger partial charge in [-0.15, -0.1) is 0 Å². The standard InChI is InChI=1S/C11H15NO2/c1-3-9-4-5-12-7-10(9)6-8(2)11(13)14/h4-5,7-8H,3,6H2,1-2H3,(H,13,14). The van der Waals surface area contributed by atoms with Gasteiger partial charge in [-0.05, 0) is 30.0 Å². The van der Waals surface area contributed by atoms with E-state index in [0.717, 1.165) is 12.0 Å². The van der Waals surface area contributed by atoms with Crippen LogP contribution in [0.1, 0.15) is 25.0 Å². The fourth-order valence-corrected chi connectivity index (χ4v) is 1.40. The van der Waals surface area contributed by atoms with E-state index in [-0.39, 0.29) is 5.92 Å². The molecule has 0 aromatic carbocycles. The molecular formula is C11H15NO2. The summed E-state index contributed by atoms with van der Waals surface area (Å²) < 4.78 is 0. The summed E-state index contributed by atoms with van der Waals surface area (Å²) in [6.45, 7) is 3.78. The largest absolute Gasteiger partial charge is 0.481 e. The second-order valence-electron chi connectivity index (χ2n) is 3.44. The van der Waals surface area contributed by atoms with Gasteiger partial charge in [0, 0.05) is 12.4 Å². The normalized spacial score (nSPS) is 12.4. The molecule has 3 nitrogen and oxygen atoms in total. The Labute approximate surface area is 83.8 Å². The highest BCUT2D eigenvalue weighted by Gasteiger charge is 2.13. The van der Waals surface area contributed by atoms with E-state index in [9.17, 15) is 4.79 Å². The van der Waals surface area contributed by atoms with Crippen LogP contribution < -0.4 is 0 Å². The highest BCUT2D eigenvalue weighted by Crippen LogP contribution is 2.13. The number of carboxylic acid groups (broad SMARTS) is 1. The second kappa shape index (κ2) is 4.74. The summed E-state index contributed by atoms with van der Waals surface area (Å²) in [5.74, 6) is -1.10. The van der Waals surface area contributed by atoms with Crippen LogP contribution >= 0.6 is 0 Å². The van der Waals surface area contributed by atoms with E-state index in [0.29, 0.717) is 6.42 Å². The van der Waals surface area contributed by atoms with Crippen LogP contribution in [0, 0.1) is 5.92 Å². The predicted octanol–water partition coefficient (Wildman–Crippen LogP) is 1.91. The van der Waals surface area contributed by atoms with Crippen molar-refractivity contribution >= 4 is 5.97 Å². The third-order valence-corrected chi connectivity index (χ3v) is 2.33. The van der Waals surface area contributed by atoms with Gasteiger partial charge in [-0.1, -0.05) is 13.8 Å². The number of pyridine rings is 1. The number of carboxylic acids is 1. The van der Waals surface area contributed by atoms with Crippen LogP contribution in [0.15, 0.2) is 18.5 Å². The third-order valence-electron chi connectivity index (χ3n) is 2.33. The van der Waals surface area contributed by atoms with Crippen molar-refractivity contribution in [1.29, 1.82) is 0 Å². The molecule has 1 aromatic rings. The number of rotatable bonds is 4. The third kappa shape index (κ3) is 2.55. The van der Waals surface area contributed by atoms with Gasteiger partial charge in [0.2, 0.25) is 0 Å². The average molecular weight is 193 g/mol. The summed E-state index contributed by atoms with van der Waals surface area (Å²) in [7, 11) is 0. The van der Waals surface area contributed by atoms with Gasteiger partial charge in [-0.25, -0.2) is 0 Å². The van der Waals surface area contributed by atoms with E-state index in [4.69, 9.17) is 5.11 Å². The van der Waals surface area contributed by atoms with Crippen molar-refractivity contribution < 1.29 is 9.90 Å². The smallest absolute Gasteiger partial charge is 0.306 e. The fourth-order valence-electron chi connectivity index (χ4n) is 1.40. The summed E-state index contributed by atoms with van der Waals surface area (Å²) in [5, 5.41) is 8.79. The number of aryl methyl sites for hydroxylation is 1. The highest BCUT2D eigenvalue weighted by atomic mass is 16.4. The monoisotopic (exact) mass is 193 g/mol. The Morgan fingerprint density at radius 1 is 1.57 bits per heavy atom. The number of carbonyl (C=O) groups is 1. The molecule has 0 aliphatic rings. The number of aliphatic carboxylic acids is 1. The Morgan fingerprint density at radius 2 is 2.29 bits per heavy atom. The quantitative estimate of drug-likeness (QED) is 0.794. The minimum absolute atomic E-state index is 0.343. The number of hydrogen-bond acceptors (Lipinski definition) is 2. The topological polar surface area (TPSA) is 50.2 Å². The zero-order chi connectivity index (χ0) is 10.6. The van der Waals surface area contributed by atoms with Crippen molar-refractivity contribution in [3.05, 3.63) is 29.6 Å². The molecule has 0 saturated carbocycles. The van der Waals surface area contributed by atoms with Crippen LogP contribution in [0.5, 0.6) is 0 Å². The molecule has 3 heteroatoms. The average Bonchev–Trinajstić information content (AvgIpc) is 2.18. The fraction of sp³-hybridized carbons (Fsp3) is 0.455. The molecule has 0 spiro atoms. The van der Waals surface area contributed by atoms with Gasteiger partial charge in [-0.2, -0.15) is 0 Å². The first-order chi connectivity index (χ1) is 6.65. The van der Waals surface area contributed by atoms with E-state index in [2.05, 4.69) is 11.9 Å². The lowest BCUT2D eigenvalue weighted by atomic mass is 9.98. The molecular weight excluding hydrogens is 178 g/mol. The molecule has 1 unspecified atom stereocenters. The molecule has 1 rings (SSSR count). The zero-order valence-electron chi connectivity index (χ0n) is 8.53. The number of nitrogens with zero attached hydrogens (tertiary/aromatic N) is 1. The Bertz CT molecular complexity index is 323. The molecule has 0 bridgehead atoms. The lowest BCUT2D eigenvalue weighted by Crippen LogP contribution is -2.13. The van der Waals surface area contributed by atoms with Gasteiger partial charge in [-0.3, -0.25) is 9.78 Å². The van der Waals surface area contributed by atoms with Crippen molar-refractivity contribution in [2.45, 2.75) is 26.7 Å². The molecule has 14 heavy (non-hydrogen) atoms. The maximum atomic E-state index is 10.7. The minimum atomic E-state index is -0.754. The molecule has 1 N–H and O–H groups in total. The van der Waals surface area contributed by atoms with E-state index >= 15 is 0 Å². The van der Waals surface area contributed by atoms with E-state index in [1.807, 2.05) is 6.07 Å². The molecule has 0 radical (unpaired) electrons. The van der Waals surface area contributed by atoms with Gasteiger partial charge < -0.3 is 5.11 Å². The zero-order valence-corrected chi connectivity index (χ0v) is 8.53. The van der Waals surface area contributed by atoms with Crippen LogP contribution in [0.25, 0.3) is 0 Å². The van der Waals surface area contributed by atoms with E-state index in [1.165, 1.54) is 5.56 Å². The Hall–Kier alpha value is -1.38. The van der Waals surface area contributed by atoms with Gasteiger partial charge in [0.05, 0.1) is 5.92 Å². The van der Waals surface area contributed by atoms with Gasteiger partial charge in [0.15, 0.2) is 0 Å². The lowest BCUT2D eigenvalue weighted by molar-refractivity contribution is -0.141. The summed E-state index contributed by atoms with van der Waals surface area (Å²) in [4.78, 5) is 14.7. The maximum absolute atomic E-state index is 10.7. The molecule has 1 atom stereocenters. The number of aromatic nitrogens is 1. The van der Waals surface area contributed by atoms with E-state index in [1.54, 1.807) is 19.3 Å². The molecule has 76 valence electrons. The van der Waals surface area contributed by atoms with Crippen LogP contribution in [-0.2, 0) is 17.6 Å². The summed E-state index contributed by atoms with van der Waals surface area (Å²) >= 11 is 0. The molecule has 0 amide bonds. The van der Waals surface area contributed by atoms with Gasteiger partial charge in [0.25, 0.3) is 0 Å². The van der Waals surface area contributed by atoms with Crippen LogP contribution in [0.4, 0.5) is 0 Å². The molecule has 0 aliphatic carbocycles. The Balaban J connectivity index is 2.80. The molecule has 0 saturated heterocycles. The SMILES string of the molecule is CCc1ccncc1CC(C)C(=O)O. The summed E-state index contributed by atoms with van der Waals surface area (Å²) in [6, 6.07) is 1.95. The van der Waals surface area contributed by atoms with E-state index < -0.39 is 5.97 Å².